The minimum atomic E-state index is -0.133. The zero-order valence-corrected chi connectivity index (χ0v) is 16.9. The van der Waals surface area contributed by atoms with Crippen molar-refractivity contribution in [3.05, 3.63) is 65.5 Å². The highest BCUT2D eigenvalue weighted by molar-refractivity contribution is 6.04. The molecule has 0 aliphatic rings. The number of carbonyl (C=O) groups is 1. The Morgan fingerprint density at radius 2 is 1.93 bits per heavy atom. The molecule has 0 aliphatic carbocycles. The van der Waals surface area contributed by atoms with Crippen molar-refractivity contribution in [1.29, 1.82) is 0 Å². The van der Waals surface area contributed by atoms with Crippen LogP contribution < -0.4 is 5.32 Å². The summed E-state index contributed by atoms with van der Waals surface area (Å²) in [6, 6.07) is 15.8. The molecule has 0 bridgehead atoms. The molecule has 0 radical (unpaired) electrons. The number of benzene rings is 2. The van der Waals surface area contributed by atoms with Crippen LogP contribution in [0.4, 0.5) is 5.69 Å². The number of nitrogens with zero attached hydrogens (tertiary/aromatic N) is 3. The minimum absolute atomic E-state index is 0.133. The van der Waals surface area contributed by atoms with Gasteiger partial charge in [0.05, 0.1) is 0 Å². The Labute approximate surface area is 166 Å². The summed E-state index contributed by atoms with van der Waals surface area (Å²) in [4.78, 5) is 19.3. The number of H-pyrrole nitrogens is 1. The van der Waals surface area contributed by atoms with Gasteiger partial charge in [0.25, 0.3) is 5.91 Å². The van der Waals surface area contributed by atoms with Crippen LogP contribution in [0, 0.1) is 6.92 Å². The second-order valence-electron chi connectivity index (χ2n) is 7.13. The molecular formula is C22H27N5O. The summed E-state index contributed by atoms with van der Waals surface area (Å²) in [5.74, 6) is 1.23. The summed E-state index contributed by atoms with van der Waals surface area (Å²) >= 11 is 0. The van der Waals surface area contributed by atoms with Crippen LogP contribution in [0.15, 0.2) is 48.5 Å². The van der Waals surface area contributed by atoms with Crippen LogP contribution in [-0.4, -0.2) is 38.6 Å². The van der Waals surface area contributed by atoms with Crippen LogP contribution in [0.5, 0.6) is 0 Å². The van der Waals surface area contributed by atoms with Gasteiger partial charge >= 0.3 is 0 Å². The van der Waals surface area contributed by atoms with Crippen molar-refractivity contribution in [3.8, 4) is 11.4 Å². The monoisotopic (exact) mass is 377 g/mol. The van der Waals surface area contributed by atoms with Gasteiger partial charge in [-0.05, 0) is 57.1 Å². The molecular weight excluding hydrogens is 350 g/mol. The third-order valence-corrected chi connectivity index (χ3v) is 4.71. The van der Waals surface area contributed by atoms with Gasteiger partial charge in [0, 0.05) is 29.4 Å². The average molecular weight is 377 g/mol. The number of hydrogen-bond acceptors (Lipinski definition) is 4. The van der Waals surface area contributed by atoms with Gasteiger partial charge in [-0.1, -0.05) is 31.2 Å². The van der Waals surface area contributed by atoms with E-state index in [1.165, 1.54) is 5.56 Å². The number of nitrogens with one attached hydrogen (secondary N) is 2. The molecule has 6 nitrogen and oxygen atoms in total. The topological polar surface area (TPSA) is 73.9 Å². The fraction of sp³-hybridized carbons (Fsp3) is 0.318. The Balaban J connectivity index is 1.68. The lowest BCUT2D eigenvalue weighted by Gasteiger charge is -2.24. The summed E-state index contributed by atoms with van der Waals surface area (Å²) in [7, 11) is 0. The Kier molecular flexibility index (Phi) is 6.21. The smallest absolute Gasteiger partial charge is 0.255 e. The van der Waals surface area contributed by atoms with Gasteiger partial charge in [0.15, 0.2) is 5.82 Å². The Bertz CT molecular complexity index is 930. The van der Waals surface area contributed by atoms with Crippen LogP contribution in [0.2, 0.25) is 0 Å². The molecule has 1 aromatic heterocycles. The summed E-state index contributed by atoms with van der Waals surface area (Å²) in [6.45, 7) is 10.3. The van der Waals surface area contributed by atoms with Gasteiger partial charge < -0.3 is 5.32 Å². The summed E-state index contributed by atoms with van der Waals surface area (Å²) in [6.07, 6.45) is 0. The third kappa shape index (κ3) is 4.84. The van der Waals surface area contributed by atoms with E-state index in [1.807, 2.05) is 55.5 Å². The summed E-state index contributed by atoms with van der Waals surface area (Å²) < 4.78 is 0. The van der Waals surface area contributed by atoms with Crippen molar-refractivity contribution < 1.29 is 4.79 Å². The van der Waals surface area contributed by atoms with Crippen LogP contribution in [0.3, 0.4) is 0 Å². The molecule has 3 aromatic rings. The number of anilines is 1. The molecule has 0 fully saturated rings. The molecule has 146 valence electrons. The van der Waals surface area contributed by atoms with Crippen molar-refractivity contribution in [2.75, 3.05) is 11.9 Å². The molecule has 0 saturated heterocycles. The molecule has 3 rings (SSSR count). The standard InChI is InChI=1S/C22H27N5O/c1-5-27(15(2)3)14-17-9-11-18(12-10-17)22(28)24-20-8-6-7-19(13-20)21-23-16(4)25-26-21/h6-13,15H,5,14H2,1-4H3,(H,24,28)(H,23,25,26). The first kappa shape index (κ1) is 19.8. The van der Waals surface area contributed by atoms with Gasteiger partial charge in [-0.2, -0.15) is 5.10 Å². The molecule has 6 heteroatoms. The van der Waals surface area contributed by atoms with Crippen LogP contribution in [0.25, 0.3) is 11.4 Å². The van der Waals surface area contributed by atoms with Crippen molar-refractivity contribution in [2.24, 2.45) is 0 Å². The van der Waals surface area contributed by atoms with Gasteiger partial charge in [-0.25, -0.2) is 4.98 Å². The highest BCUT2D eigenvalue weighted by atomic mass is 16.1. The first-order valence-corrected chi connectivity index (χ1v) is 9.60. The van der Waals surface area contributed by atoms with Gasteiger partial charge in [-0.3, -0.25) is 14.8 Å². The molecule has 0 unspecified atom stereocenters. The largest absolute Gasteiger partial charge is 0.322 e. The maximum Gasteiger partial charge on any atom is 0.255 e. The summed E-state index contributed by atoms with van der Waals surface area (Å²) in [5.41, 5.74) is 3.40. The van der Waals surface area contributed by atoms with Crippen molar-refractivity contribution in [2.45, 2.75) is 40.3 Å². The van der Waals surface area contributed by atoms with E-state index in [2.05, 4.69) is 46.2 Å². The maximum absolute atomic E-state index is 12.6. The predicted molar refractivity (Wildman–Crippen MR) is 112 cm³/mol. The first-order valence-electron chi connectivity index (χ1n) is 9.60. The quantitative estimate of drug-likeness (QED) is 0.645. The average Bonchev–Trinajstić information content (AvgIpc) is 3.13. The lowest BCUT2D eigenvalue weighted by atomic mass is 10.1. The Morgan fingerprint density at radius 3 is 2.54 bits per heavy atom. The van der Waals surface area contributed by atoms with Gasteiger partial charge in [-0.15, -0.1) is 0 Å². The number of aromatic amines is 1. The van der Waals surface area contributed by atoms with Crippen molar-refractivity contribution in [3.63, 3.8) is 0 Å². The number of aryl methyl sites for hydroxylation is 1. The number of aromatic nitrogens is 3. The molecule has 2 N–H and O–H groups in total. The molecule has 1 heterocycles. The zero-order chi connectivity index (χ0) is 20.1. The second-order valence-corrected chi connectivity index (χ2v) is 7.13. The van der Waals surface area contributed by atoms with Crippen LogP contribution in [-0.2, 0) is 6.54 Å². The van der Waals surface area contributed by atoms with Crippen LogP contribution >= 0.6 is 0 Å². The fourth-order valence-corrected chi connectivity index (χ4v) is 3.07. The Morgan fingerprint density at radius 1 is 1.18 bits per heavy atom. The predicted octanol–water partition coefficient (Wildman–Crippen LogP) is 4.26. The first-order chi connectivity index (χ1) is 13.5. The van der Waals surface area contributed by atoms with E-state index < -0.39 is 0 Å². The van der Waals surface area contributed by atoms with E-state index in [-0.39, 0.29) is 5.91 Å². The SMILES string of the molecule is CCN(Cc1ccc(C(=O)Nc2cccc(-c3n[nH]c(C)n3)c2)cc1)C(C)C. The van der Waals surface area contributed by atoms with Gasteiger partial charge in [0.2, 0.25) is 0 Å². The van der Waals surface area contributed by atoms with E-state index >= 15 is 0 Å². The number of hydrogen-bond donors (Lipinski definition) is 2. The van der Waals surface area contributed by atoms with Crippen LogP contribution in [0.1, 0.15) is 42.5 Å². The van der Waals surface area contributed by atoms with E-state index in [0.29, 0.717) is 23.1 Å². The molecule has 0 spiro atoms. The molecule has 0 atom stereocenters. The fourth-order valence-electron chi connectivity index (χ4n) is 3.07. The highest BCUT2D eigenvalue weighted by Gasteiger charge is 2.11. The van der Waals surface area contributed by atoms with E-state index in [1.54, 1.807) is 0 Å². The minimum Gasteiger partial charge on any atom is -0.322 e. The summed E-state index contributed by atoms with van der Waals surface area (Å²) in [5, 5.41) is 9.94. The zero-order valence-electron chi connectivity index (χ0n) is 16.9. The molecule has 1 amide bonds. The Hall–Kier alpha value is -2.99. The maximum atomic E-state index is 12.6. The molecule has 0 saturated carbocycles. The normalized spacial score (nSPS) is 11.2. The lowest BCUT2D eigenvalue weighted by molar-refractivity contribution is 0.102. The molecule has 2 aromatic carbocycles. The van der Waals surface area contributed by atoms with E-state index in [4.69, 9.17) is 0 Å². The van der Waals surface area contributed by atoms with Crippen molar-refractivity contribution >= 4 is 11.6 Å². The van der Waals surface area contributed by atoms with E-state index in [9.17, 15) is 4.79 Å². The second kappa shape index (κ2) is 8.80. The number of amides is 1. The number of rotatable bonds is 7. The highest BCUT2D eigenvalue weighted by Crippen LogP contribution is 2.20. The molecule has 0 aliphatic heterocycles. The van der Waals surface area contributed by atoms with E-state index in [0.717, 1.165) is 24.5 Å². The number of carbonyl (C=O) groups excluding carboxylic acids is 1. The van der Waals surface area contributed by atoms with Gasteiger partial charge in [0.1, 0.15) is 5.82 Å². The third-order valence-electron chi connectivity index (χ3n) is 4.71. The van der Waals surface area contributed by atoms with Crippen molar-refractivity contribution in [1.82, 2.24) is 20.1 Å². The molecule has 28 heavy (non-hydrogen) atoms. The lowest BCUT2D eigenvalue weighted by Crippen LogP contribution is -2.29.